The fourth-order valence-corrected chi connectivity index (χ4v) is 4.72. The zero-order valence-electron chi connectivity index (χ0n) is 17.0. The van der Waals surface area contributed by atoms with Crippen molar-refractivity contribution >= 4 is 27.5 Å². The molecule has 1 unspecified atom stereocenters. The number of ether oxygens (including phenoxy) is 3. The van der Waals surface area contributed by atoms with Crippen LogP contribution in [0, 0.1) is 0 Å². The Labute approximate surface area is 174 Å². The van der Waals surface area contributed by atoms with E-state index in [1.165, 1.54) is 0 Å². The Balaban J connectivity index is 1.63. The highest BCUT2D eigenvalue weighted by atomic mass is 32.1. The summed E-state index contributed by atoms with van der Waals surface area (Å²) >= 11 is 1.65. The Kier molecular flexibility index (Phi) is 5.78. The van der Waals surface area contributed by atoms with Gasteiger partial charge in [-0.25, -0.2) is 0 Å². The summed E-state index contributed by atoms with van der Waals surface area (Å²) in [4.78, 5) is 15.4. The number of amides is 1. The fraction of sp³-hybridized carbons (Fsp3) is 0.409. The summed E-state index contributed by atoms with van der Waals surface area (Å²) < 4.78 is 19.7. The van der Waals surface area contributed by atoms with E-state index in [4.69, 9.17) is 14.2 Å². The second kappa shape index (κ2) is 8.47. The van der Waals surface area contributed by atoms with Crippen molar-refractivity contribution < 1.29 is 19.0 Å². The molecule has 0 aliphatic carbocycles. The lowest BCUT2D eigenvalue weighted by atomic mass is 10.1. The maximum atomic E-state index is 13.5. The number of methoxy groups -OCH3 is 2. The molecule has 3 aromatic rings. The van der Waals surface area contributed by atoms with Crippen LogP contribution in [0.25, 0.3) is 10.2 Å². The number of rotatable bonds is 7. The molecule has 7 heteroatoms. The summed E-state index contributed by atoms with van der Waals surface area (Å²) in [6.45, 7) is 1.83. The van der Waals surface area contributed by atoms with Gasteiger partial charge in [0, 0.05) is 26.7 Å². The van der Waals surface area contributed by atoms with Crippen molar-refractivity contribution in [3.63, 3.8) is 0 Å². The minimum absolute atomic E-state index is 0.0150. The Bertz CT molecular complexity index is 1000. The molecule has 29 heavy (non-hydrogen) atoms. The second-order valence-corrected chi connectivity index (χ2v) is 8.22. The van der Waals surface area contributed by atoms with E-state index >= 15 is 0 Å². The summed E-state index contributed by atoms with van der Waals surface area (Å²) in [7, 11) is 5.18. The van der Waals surface area contributed by atoms with E-state index < -0.39 is 0 Å². The molecule has 1 fully saturated rings. The highest BCUT2D eigenvalue weighted by Gasteiger charge is 2.26. The van der Waals surface area contributed by atoms with Crippen LogP contribution in [0.15, 0.2) is 35.7 Å². The van der Waals surface area contributed by atoms with Gasteiger partial charge in [0.05, 0.1) is 30.5 Å². The van der Waals surface area contributed by atoms with E-state index in [1.54, 1.807) is 25.6 Å². The average molecular weight is 415 g/mol. The maximum Gasteiger partial charge on any atom is 0.270 e. The molecule has 4 rings (SSSR count). The quantitative estimate of drug-likeness (QED) is 0.585. The minimum atomic E-state index is 0.0150. The van der Waals surface area contributed by atoms with Crippen molar-refractivity contribution in [2.45, 2.75) is 25.5 Å². The van der Waals surface area contributed by atoms with E-state index in [2.05, 4.69) is 6.07 Å². The van der Waals surface area contributed by atoms with Gasteiger partial charge in [-0.3, -0.25) is 4.79 Å². The van der Waals surface area contributed by atoms with Gasteiger partial charge < -0.3 is 23.7 Å². The van der Waals surface area contributed by atoms with Crippen molar-refractivity contribution in [1.29, 1.82) is 0 Å². The number of benzene rings is 1. The van der Waals surface area contributed by atoms with Gasteiger partial charge in [0.2, 0.25) is 0 Å². The third-order valence-corrected chi connectivity index (χ3v) is 6.29. The average Bonchev–Trinajstić information content (AvgIpc) is 3.47. The number of nitrogens with zero attached hydrogens (tertiary/aromatic N) is 2. The van der Waals surface area contributed by atoms with Crippen LogP contribution in [0.1, 0.15) is 28.9 Å². The van der Waals surface area contributed by atoms with Gasteiger partial charge in [-0.15, -0.1) is 11.3 Å². The Morgan fingerprint density at radius 3 is 2.76 bits per heavy atom. The van der Waals surface area contributed by atoms with Crippen LogP contribution >= 0.6 is 11.3 Å². The topological polar surface area (TPSA) is 52.9 Å². The molecule has 6 nitrogen and oxygen atoms in total. The van der Waals surface area contributed by atoms with Crippen LogP contribution in [-0.2, 0) is 18.3 Å². The highest BCUT2D eigenvalue weighted by Crippen LogP contribution is 2.29. The number of carbonyl (C=O) groups excluding carboxylic acids is 1. The summed E-state index contributed by atoms with van der Waals surface area (Å²) in [6.07, 6.45) is 2.11. The first kappa shape index (κ1) is 19.8. The standard InChI is InChI=1S/C22H26N2O4S/c1-23-17-8-10-29-21(17)12-18(23)22(25)24(14-16-5-4-9-28-16)13-15-6-7-19(26-2)20(11-15)27-3/h6-8,10-12,16H,4-5,9,13-14H2,1-3H3. The zero-order chi connectivity index (χ0) is 20.4. The summed E-state index contributed by atoms with van der Waals surface area (Å²) in [5.41, 5.74) is 2.77. The van der Waals surface area contributed by atoms with Crippen molar-refractivity contribution in [2.75, 3.05) is 27.4 Å². The fourth-order valence-electron chi connectivity index (χ4n) is 3.87. The molecule has 1 aliphatic rings. The van der Waals surface area contributed by atoms with Crippen molar-refractivity contribution in [3.8, 4) is 11.5 Å². The molecule has 1 saturated heterocycles. The number of hydrogen-bond acceptors (Lipinski definition) is 5. The van der Waals surface area contributed by atoms with Crippen LogP contribution in [0.5, 0.6) is 11.5 Å². The van der Waals surface area contributed by atoms with Gasteiger partial charge in [-0.1, -0.05) is 6.07 Å². The van der Waals surface area contributed by atoms with Gasteiger partial charge in [-0.05, 0) is 48.1 Å². The molecule has 2 aromatic heterocycles. The Morgan fingerprint density at radius 2 is 2.07 bits per heavy atom. The minimum Gasteiger partial charge on any atom is -0.493 e. The number of aryl methyl sites for hydroxylation is 1. The molecule has 0 radical (unpaired) electrons. The third kappa shape index (κ3) is 3.97. The third-order valence-electron chi connectivity index (χ3n) is 5.44. The molecule has 0 spiro atoms. The van der Waals surface area contributed by atoms with Crippen LogP contribution in [0.2, 0.25) is 0 Å². The van der Waals surface area contributed by atoms with Gasteiger partial charge in [0.1, 0.15) is 5.69 Å². The lowest BCUT2D eigenvalue weighted by Crippen LogP contribution is -2.37. The monoisotopic (exact) mass is 414 g/mol. The number of hydrogen-bond donors (Lipinski definition) is 0. The van der Waals surface area contributed by atoms with Gasteiger partial charge in [-0.2, -0.15) is 0 Å². The zero-order valence-corrected chi connectivity index (χ0v) is 17.8. The van der Waals surface area contributed by atoms with E-state index in [9.17, 15) is 4.79 Å². The first-order chi connectivity index (χ1) is 14.1. The Hall–Kier alpha value is -2.51. The molecule has 0 saturated carbocycles. The summed E-state index contributed by atoms with van der Waals surface area (Å²) in [6, 6.07) is 9.81. The van der Waals surface area contributed by atoms with E-state index in [1.807, 2.05) is 46.2 Å². The molecule has 0 N–H and O–H groups in total. The lowest BCUT2D eigenvalue weighted by Gasteiger charge is -2.26. The van der Waals surface area contributed by atoms with Gasteiger partial charge >= 0.3 is 0 Å². The predicted molar refractivity (Wildman–Crippen MR) is 114 cm³/mol. The molecule has 1 amide bonds. The summed E-state index contributed by atoms with van der Waals surface area (Å²) in [5.74, 6) is 1.35. The second-order valence-electron chi connectivity index (χ2n) is 7.27. The van der Waals surface area contributed by atoms with Crippen LogP contribution in [-0.4, -0.2) is 48.8 Å². The molecule has 1 aromatic carbocycles. The van der Waals surface area contributed by atoms with E-state index in [-0.39, 0.29) is 12.0 Å². The molecule has 1 atom stereocenters. The molecular weight excluding hydrogens is 388 g/mol. The van der Waals surface area contributed by atoms with Crippen LogP contribution < -0.4 is 9.47 Å². The maximum absolute atomic E-state index is 13.5. The van der Waals surface area contributed by atoms with Gasteiger partial charge in [0.15, 0.2) is 11.5 Å². The van der Waals surface area contributed by atoms with Crippen molar-refractivity contribution in [2.24, 2.45) is 7.05 Å². The van der Waals surface area contributed by atoms with Crippen LogP contribution in [0.3, 0.4) is 0 Å². The molecule has 1 aliphatic heterocycles. The summed E-state index contributed by atoms with van der Waals surface area (Å²) in [5, 5.41) is 2.05. The van der Waals surface area contributed by atoms with Crippen molar-refractivity contribution in [3.05, 3.63) is 47.0 Å². The first-order valence-corrected chi connectivity index (χ1v) is 10.6. The number of carbonyl (C=O) groups is 1. The molecule has 154 valence electrons. The van der Waals surface area contributed by atoms with Crippen LogP contribution in [0.4, 0.5) is 0 Å². The predicted octanol–water partition coefficient (Wildman–Crippen LogP) is 4.08. The molecular formula is C22H26N2O4S. The normalized spacial score (nSPS) is 16.3. The largest absolute Gasteiger partial charge is 0.493 e. The smallest absolute Gasteiger partial charge is 0.270 e. The first-order valence-electron chi connectivity index (χ1n) is 9.75. The molecule has 3 heterocycles. The SMILES string of the molecule is COc1ccc(CN(CC2CCCO2)C(=O)c2cc3sccc3n2C)cc1OC. The van der Waals surface area contributed by atoms with E-state index in [0.29, 0.717) is 30.3 Å². The number of thiophene rings is 1. The lowest BCUT2D eigenvalue weighted by molar-refractivity contribution is 0.0500. The van der Waals surface area contributed by atoms with Gasteiger partial charge in [0.25, 0.3) is 5.91 Å². The highest BCUT2D eigenvalue weighted by molar-refractivity contribution is 7.17. The van der Waals surface area contributed by atoms with Crippen molar-refractivity contribution in [1.82, 2.24) is 9.47 Å². The Morgan fingerprint density at radius 1 is 1.24 bits per heavy atom. The number of aromatic nitrogens is 1. The van der Waals surface area contributed by atoms with E-state index in [0.717, 1.165) is 35.2 Å². The number of fused-ring (bicyclic) bond motifs is 1. The molecule has 0 bridgehead atoms.